The summed E-state index contributed by atoms with van der Waals surface area (Å²) in [5.41, 5.74) is -0.209. The van der Waals surface area contributed by atoms with Gasteiger partial charge in [0.15, 0.2) is 5.78 Å². The van der Waals surface area contributed by atoms with Crippen LogP contribution in [0.5, 0.6) is 0 Å². The maximum Gasteiger partial charge on any atom is 0.152 e. The van der Waals surface area contributed by atoms with Crippen molar-refractivity contribution >= 4 is 5.78 Å². The van der Waals surface area contributed by atoms with Gasteiger partial charge < -0.3 is 0 Å². The molecule has 0 amide bonds. The van der Waals surface area contributed by atoms with Gasteiger partial charge in [0.1, 0.15) is 0 Å². The number of Topliss-reactive ketones (excluding diaryl/α,β-unsaturated/α-hetero) is 1. The highest BCUT2D eigenvalue weighted by atomic mass is 16.1. The molecule has 0 spiro atoms. The second-order valence-electron chi connectivity index (χ2n) is 5.99. The largest absolute Gasteiger partial charge is 0.298 e. The van der Waals surface area contributed by atoms with Gasteiger partial charge in [-0.25, -0.2) is 0 Å². The highest BCUT2D eigenvalue weighted by Crippen LogP contribution is 2.27. The molecule has 0 aliphatic carbocycles. The molecule has 1 fully saturated rings. The summed E-state index contributed by atoms with van der Waals surface area (Å²) in [5.74, 6) is 0.454. The van der Waals surface area contributed by atoms with Crippen molar-refractivity contribution in [3.05, 3.63) is 12.7 Å². The molecule has 1 aliphatic heterocycles. The van der Waals surface area contributed by atoms with E-state index in [1.807, 2.05) is 6.08 Å². The van der Waals surface area contributed by atoms with Crippen LogP contribution >= 0.6 is 0 Å². The zero-order valence-electron chi connectivity index (χ0n) is 12.9. The molecule has 2 heteroatoms. The normalized spacial score (nSPS) is 19.9. The third-order valence-corrected chi connectivity index (χ3v) is 4.66. The lowest BCUT2D eigenvalue weighted by atomic mass is 9.86. The Morgan fingerprint density at radius 2 is 1.89 bits per heavy atom. The van der Waals surface area contributed by atoms with E-state index in [1.165, 1.54) is 25.7 Å². The fourth-order valence-electron chi connectivity index (χ4n) is 3.00. The maximum absolute atomic E-state index is 12.6. The zero-order valence-corrected chi connectivity index (χ0v) is 12.9. The third kappa shape index (κ3) is 4.76. The Balaban J connectivity index is 2.42. The van der Waals surface area contributed by atoms with Gasteiger partial charge in [0.05, 0.1) is 5.54 Å². The Morgan fingerprint density at radius 3 is 2.47 bits per heavy atom. The van der Waals surface area contributed by atoms with E-state index >= 15 is 0 Å². The van der Waals surface area contributed by atoms with Gasteiger partial charge in [0.2, 0.25) is 0 Å². The molecule has 1 unspecified atom stereocenters. The summed E-state index contributed by atoms with van der Waals surface area (Å²) in [5, 5.41) is 0. The van der Waals surface area contributed by atoms with E-state index in [9.17, 15) is 4.79 Å². The van der Waals surface area contributed by atoms with Gasteiger partial charge in [0.25, 0.3) is 0 Å². The fraction of sp³-hybridized carbons (Fsp3) is 0.824. The van der Waals surface area contributed by atoms with Gasteiger partial charge in [0, 0.05) is 6.42 Å². The summed E-state index contributed by atoms with van der Waals surface area (Å²) >= 11 is 0. The SMILES string of the molecule is C=CCCCCCC(=O)C(C)(CC)N1CCCCC1. The first-order valence-corrected chi connectivity index (χ1v) is 8.04. The summed E-state index contributed by atoms with van der Waals surface area (Å²) in [7, 11) is 0. The molecule has 0 saturated carbocycles. The van der Waals surface area contributed by atoms with Crippen molar-refractivity contribution < 1.29 is 4.79 Å². The number of likely N-dealkylation sites (tertiary alicyclic amines) is 1. The molecule has 0 aromatic carbocycles. The van der Waals surface area contributed by atoms with Crippen LogP contribution in [0.15, 0.2) is 12.7 Å². The van der Waals surface area contributed by atoms with Crippen molar-refractivity contribution in [2.24, 2.45) is 0 Å². The highest BCUT2D eigenvalue weighted by molar-refractivity contribution is 5.87. The molecule has 1 saturated heterocycles. The van der Waals surface area contributed by atoms with Gasteiger partial charge >= 0.3 is 0 Å². The van der Waals surface area contributed by atoms with Crippen LogP contribution < -0.4 is 0 Å². The predicted octanol–water partition coefficient (Wildman–Crippen LogP) is 4.35. The predicted molar refractivity (Wildman–Crippen MR) is 82.4 cm³/mol. The number of piperidine rings is 1. The van der Waals surface area contributed by atoms with E-state index in [2.05, 4.69) is 25.3 Å². The first-order valence-electron chi connectivity index (χ1n) is 8.04. The molecular formula is C17H31NO. The summed E-state index contributed by atoms with van der Waals surface area (Å²) in [6.07, 6.45) is 11.9. The monoisotopic (exact) mass is 265 g/mol. The average Bonchev–Trinajstić information content (AvgIpc) is 2.46. The Labute approximate surface area is 119 Å². The van der Waals surface area contributed by atoms with E-state index < -0.39 is 0 Å². The molecule has 1 atom stereocenters. The molecule has 0 aromatic rings. The van der Waals surface area contributed by atoms with Crippen LogP contribution in [0, 0.1) is 0 Å². The van der Waals surface area contributed by atoms with E-state index in [4.69, 9.17) is 0 Å². The summed E-state index contributed by atoms with van der Waals surface area (Å²) < 4.78 is 0. The number of carbonyl (C=O) groups excluding carboxylic acids is 1. The number of allylic oxidation sites excluding steroid dienone is 1. The molecule has 2 nitrogen and oxygen atoms in total. The zero-order chi connectivity index (χ0) is 14.1. The number of nitrogens with zero attached hydrogens (tertiary/aromatic N) is 1. The van der Waals surface area contributed by atoms with Gasteiger partial charge in [-0.2, -0.15) is 0 Å². The summed E-state index contributed by atoms with van der Waals surface area (Å²) in [6.45, 7) is 10.3. The molecule has 19 heavy (non-hydrogen) atoms. The van der Waals surface area contributed by atoms with E-state index in [0.29, 0.717) is 5.78 Å². The minimum atomic E-state index is -0.209. The van der Waals surface area contributed by atoms with E-state index in [1.54, 1.807) is 0 Å². The molecule has 1 rings (SSSR count). The Hall–Kier alpha value is -0.630. The minimum absolute atomic E-state index is 0.209. The van der Waals surface area contributed by atoms with Crippen molar-refractivity contribution in [1.29, 1.82) is 0 Å². The van der Waals surface area contributed by atoms with Crippen molar-refractivity contribution in [3.63, 3.8) is 0 Å². The van der Waals surface area contributed by atoms with Crippen molar-refractivity contribution in [3.8, 4) is 0 Å². The fourth-order valence-corrected chi connectivity index (χ4v) is 3.00. The Kier molecular flexibility index (Phi) is 7.37. The Morgan fingerprint density at radius 1 is 1.21 bits per heavy atom. The molecule has 110 valence electrons. The molecule has 0 aromatic heterocycles. The van der Waals surface area contributed by atoms with Gasteiger partial charge in [-0.05, 0) is 58.5 Å². The van der Waals surface area contributed by atoms with Crippen LogP contribution in [-0.4, -0.2) is 29.3 Å². The second kappa shape index (κ2) is 8.52. The molecule has 0 radical (unpaired) electrons. The van der Waals surface area contributed by atoms with Gasteiger partial charge in [-0.1, -0.05) is 25.8 Å². The molecule has 0 bridgehead atoms. The van der Waals surface area contributed by atoms with Gasteiger partial charge in [-0.15, -0.1) is 6.58 Å². The number of unbranched alkanes of at least 4 members (excludes halogenated alkanes) is 3. The van der Waals surface area contributed by atoms with Crippen molar-refractivity contribution in [2.75, 3.05) is 13.1 Å². The maximum atomic E-state index is 12.6. The second-order valence-corrected chi connectivity index (χ2v) is 5.99. The molecular weight excluding hydrogens is 234 g/mol. The standard InChI is InChI=1S/C17H31NO/c1-4-6-7-8-10-13-16(19)17(3,5-2)18-14-11-9-12-15-18/h4H,1,5-15H2,2-3H3. The smallest absolute Gasteiger partial charge is 0.152 e. The third-order valence-electron chi connectivity index (χ3n) is 4.66. The van der Waals surface area contributed by atoms with Crippen LogP contribution in [0.2, 0.25) is 0 Å². The highest BCUT2D eigenvalue weighted by Gasteiger charge is 2.36. The minimum Gasteiger partial charge on any atom is -0.298 e. The topological polar surface area (TPSA) is 20.3 Å². The van der Waals surface area contributed by atoms with Crippen LogP contribution in [0.25, 0.3) is 0 Å². The quantitative estimate of drug-likeness (QED) is 0.456. The summed E-state index contributed by atoms with van der Waals surface area (Å²) in [6, 6.07) is 0. The van der Waals surface area contributed by atoms with Crippen molar-refractivity contribution in [2.45, 2.75) is 77.2 Å². The first kappa shape index (κ1) is 16.4. The number of carbonyl (C=O) groups is 1. The number of rotatable bonds is 9. The molecule has 1 aliphatic rings. The lowest BCUT2D eigenvalue weighted by molar-refractivity contribution is -0.131. The first-order chi connectivity index (χ1) is 9.15. The lowest BCUT2D eigenvalue weighted by Gasteiger charge is -2.42. The van der Waals surface area contributed by atoms with Crippen molar-refractivity contribution in [1.82, 2.24) is 4.90 Å². The summed E-state index contributed by atoms with van der Waals surface area (Å²) in [4.78, 5) is 15.0. The van der Waals surface area contributed by atoms with Crippen LogP contribution in [0.3, 0.4) is 0 Å². The number of ketones is 1. The van der Waals surface area contributed by atoms with E-state index in [-0.39, 0.29) is 5.54 Å². The van der Waals surface area contributed by atoms with Crippen LogP contribution in [-0.2, 0) is 4.79 Å². The van der Waals surface area contributed by atoms with Crippen LogP contribution in [0.1, 0.15) is 71.6 Å². The van der Waals surface area contributed by atoms with E-state index in [0.717, 1.165) is 45.2 Å². The van der Waals surface area contributed by atoms with Gasteiger partial charge in [-0.3, -0.25) is 9.69 Å². The number of hydrogen-bond acceptors (Lipinski definition) is 2. The Bertz CT molecular complexity index is 281. The molecule has 1 heterocycles. The average molecular weight is 265 g/mol. The lowest BCUT2D eigenvalue weighted by Crippen LogP contribution is -2.53. The molecule has 0 N–H and O–H groups in total. The number of hydrogen-bond donors (Lipinski definition) is 0. The van der Waals surface area contributed by atoms with Crippen LogP contribution in [0.4, 0.5) is 0 Å².